The van der Waals surface area contributed by atoms with Crippen molar-refractivity contribution in [3.05, 3.63) is 50.6 Å². The lowest BCUT2D eigenvalue weighted by atomic mass is 10.2. The smallest absolute Gasteiger partial charge is 0.227 e. The number of piperazine rings is 1. The van der Waals surface area contributed by atoms with Gasteiger partial charge in [0.2, 0.25) is 5.91 Å². The first-order chi connectivity index (χ1) is 10.6. The molecule has 116 valence electrons. The van der Waals surface area contributed by atoms with Crippen molar-refractivity contribution in [3.63, 3.8) is 0 Å². The average Bonchev–Trinajstić information content (AvgIpc) is 3.03. The van der Waals surface area contributed by atoms with Crippen molar-refractivity contribution in [1.29, 1.82) is 0 Å². The minimum Gasteiger partial charge on any atom is -0.367 e. The Morgan fingerprint density at radius 1 is 1.14 bits per heavy atom. The molecule has 1 fully saturated rings. The zero-order valence-corrected chi connectivity index (χ0v) is 14.3. The van der Waals surface area contributed by atoms with Gasteiger partial charge >= 0.3 is 0 Å². The van der Waals surface area contributed by atoms with Gasteiger partial charge in [-0.15, -0.1) is 11.3 Å². The third-order valence-electron chi connectivity index (χ3n) is 3.79. The zero-order chi connectivity index (χ0) is 15.5. The van der Waals surface area contributed by atoms with Crippen molar-refractivity contribution in [2.45, 2.75) is 6.42 Å². The standard InChI is InChI=1S/C16H16Cl2N2OS/c17-12-3-4-14(18)15(10-12)19-5-7-20(8-6-19)16(21)11-13-2-1-9-22-13/h1-4,9-10H,5-8,11H2. The fraction of sp³-hybridized carbons (Fsp3) is 0.312. The number of carbonyl (C=O) groups is 1. The summed E-state index contributed by atoms with van der Waals surface area (Å²) in [5, 5.41) is 3.38. The van der Waals surface area contributed by atoms with Gasteiger partial charge in [-0.2, -0.15) is 0 Å². The number of rotatable bonds is 3. The second kappa shape index (κ2) is 6.90. The van der Waals surface area contributed by atoms with Crippen molar-refractivity contribution in [2.75, 3.05) is 31.1 Å². The van der Waals surface area contributed by atoms with E-state index in [2.05, 4.69) is 4.90 Å². The maximum absolute atomic E-state index is 12.3. The van der Waals surface area contributed by atoms with E-state index in [-0.39, 0.29) is 5.91 Å². The summed E-state index contributed by atoms with van der Waals surface area (Å²) < 4.78 is 0. The molecule has 22 heavy (non-hydrogen) atoms. The maximum atomic E-state index is 12.3. The summed E-state index contributed by atoms with van der Waals surface area (Å²) in [6.45, 7) is 2.98. The molecule has 3 nitrogen and oxygen atoms in total. The Kier molecular flexibility index (Phi) is 4.91. The molecule has 0 radical (unpaired) electrons. The van der Waals surface area contributed by atoms with Crippen LogP contribution < -0.4 is 4.90 Å². The molecule has 1 aliphatic heterocycles. The van der Waals surface area contributed by atoms with Crippen LogP contribution >= 0.6 is 34.5 Å². The highest BCUT2D eigenvalue weighted by molar-refractivity contribution is 7.10. The summed E-state index contributed by atoms with van der Waals surface area (Å²) in [6.07, 6.45) is 0.496. The number of amides is 1. The van der Waals surface area contributed by atoms with Gasteiger partial charge in [0.1, 0.15) is 0 Å². The second-order valence-electron chi connectivity index (χ2n) is 5.22. The number of benzene rings is 1. The van der Waals surface area contributed by atoms with Gasteiger partial charge in [-0.3, -0.25) is 4.79 Å². The maximum Gasteiger partial charge on any atom is 0.227 e. The minimum absolute atomic E-state index is 0.194. The molecular formula is C16H16Cl2N2OS. The number of hydrogen-bond donors (Lipinski definition) is 0. The summed E-state index contributed by atoms with van der Waals surface area (Å²) in [6, 6.07) is 9.46. The quantitative estimate of drug-likeness (QED) is 0.833. The van der Waals surface area contributed by atoms with Crippen molar-refractivity contribution < 1.29 is 4.79 Å². The second-order valence-corrected chi connectivity index (χ2v) is 7.10. The lowest BCUT2D eigenvalue weighted by molar-refractivity contribution is -0.130. The molecule has 1 saturated heterocycles. The van der Waals surface area contributed by atoms with E-state index in [1.165, 1.54) is 0 Å². The van der Waals surface area contributed by atoms with Gasteiger partial charge in [-0.25, -0.2) is 0 Å². The van der Waals surface area contributed by atoms with Crippen LogP contribution in [-0.4, -0.2) is 37.0 Å². The Morgan fingerprint density at radius 2 is 1.91 bits per heavy atom. The van der Waals surface area contributed by atoms with E-state index in [0.29, 0.717) is 29.6 Å². The molecule has 1 aromatic carbocycles. The van der Waals surface area contributed by atoms with Gasteiger partial charge in [0.25, 0.3) is 0 Å². The third kappa shape index (κ3) is 3.57. The van der Waals surface area contributed by atoms with Gasteiger partial charge in [0.05, 0.1) is 17.1 Å². The molecule has 1 aliphatic rings. The molecule has 3 rings (SSSR count). The van der Waals surface area contributed by atoms with Gasteiger partial charge in [-0.05, 0) is 29.6 Å². The molecule has 1 aromatic heterocycles. The van der Waals surface area contributed by atoms with Gasteiger partial charge < -0.3 is 9.80 Å². The van der Waals surface area contributed by atoms with Gasteiger partial charge in [0.15, 0.2) is 0 Å². The molecule has 0 spiro atoms. The molecule has 0 N–H and O–H groups in total. The molecule has 0 aliphatic carbocycles. The predicted molar refractivity (Wildman–Crippen MR) is 93.3 cm³/mol. The van der Waals surface area contributed by atoms with Crippen LogP contribution in [-0.2, 0) is 11.2 Å². The SMILES string of the molecule is O=C(Cc1cccs1)N1CCN(c2cc(Cl)ccc2Cl)CC1. The van der Waals surface area contributed by atoms with E-state index in [1.54, 1.807) is 17.4 Å². The van der Waals surface area contributed by atoms with E-state index in [4.69, 9.17) is 23.2 Å². The van der Waals surface area contributed by atoms with Crippen molar-refractivity contribution in [2.24, 2.45) is 0 Å². The van der Waals surface area contributed by atoms with Crippen LogP contribution in [0.25, 0.3) is 0 Å². The topological polar surface area (TPSA) is 23.6 Å². The highest BCUT2D eigenvalue weighted by Gasteiger charge is 2.22. The Bertz CT molecular complexity index is 652. The van der Waals surface area contributed by atoms with Crippen LogP contribution in [0.15, 0.2) is 35.7 Å². The summed E-state index contributed by atoms with van der Waals surface area (Å²) in [7, 11) is 0. The van der Waals surface area contributed by atoms with Crippen molar-refractivity contribution in [3.8, 4) is 0 Å². The van der Waals surface area contributed by atoms with Gasteiger partial charge in [0, 0.05) is 36.1 Å². The van der Waals surface area contributed by atoms with E-state index in [0.717, 1.165) is 23.7 Å². The molecule has 0 unspecified atom stereocenters. The average molecular weight is 355 g/mol. The number of thiophene rings is 1. The fourth-order valence-corrected chi connectivity index (χ4v) is 3.70. The Morgan fingerprint density at radius 3 is 2.59 bits per heavy atom. The number of carbonyl (C=O) groups excluding carboxylic acids is 1. The normalized spacial score (nSPS) is 15.2. The Balaban J connectivity index is 1.60. The highest BCUT2D eigenvalue weighted by atomic mass is 35.5. The van der Waals surface area contributed by atoms with Crippen molar-refractivity contribution >= 4 is 46.1 Å². The Hall–Kier alpha value is -1.23. The lowest BCUT2D eigenvalue weighted by Crippen LogP contribution is -2.49. The molecule has 6 heteroatoms. The van der Waals surface area contributed by atoms with Crippen LogP contribution in [0.3, 0.4) is 0 Å². The van der Waals surface area contributed by atoms with E-state index in [9.17, 15) is 4.79 Å². The van der Waals surface area contributed by atoms with Crippen LogP contribution in [0.2, 0.25) is 10.0 Å². The molecule has 2 heterocycles. The lowest BCUT2D eigenvalue weighted by Gasteiger charge is -2.36. The summed E-state index contributed by atoms with van der Waals surface area (Å²) in [5.74, 6) is 0.194. The molecule has 0 saturated carbocycles. The first-order valence-electron chi connectivity index (χ1n) is 7.13. The first-order valence-corrected chi connectivity index (χ1v) is 8.77. The molecule has 2 aromatic rings. The van der Waals surface area contributed by atoms with Crippen LogP contribution in [0.4, 0.5) is 5.69 Å². The number of anilines is 1. The summed E-state index contributed by atoms with van der Waals surface area (Å²) in [4.78, 5) is 17.5. The first kappa shape index (κ1) is 15.7. The number of nitrogens with zero attached hydrogens (tertiary/aromatic N) is 2. The number of hydrogen-bond acceptors (Lipinski definition) is 3. The zero-order valence-electron chi connectivity index (χ0n) is 12.0. The fourth-order valence-electron chi connectivity index (χ4n) is 2.60. The van der Waals surface area contributed by atoms with Crippen LogP contribution in [0, 0.1) is 0 Å². The summed E-state index contributed by atoms with van der Waals surface area (Å²) >= 11 is 13.9. The van der Waals surface area contributed by atoms with Gasteiger partial charge in [-0.1, -0.05) is 29.3 Å². The highest BCUT2D eigenvalue weighted by Crippen LogP contribution is 2.29. The van der Waals surface area contributed by atoms with Crippen LogP contribution in [0.1, 0.15) is 4.88 Å². The van der Waals surface area contributed by atoms with E-state index in [1.807, 2.05) is 34.5 Å². The molecule has 1 amide bonds. The largest absolute Gasteiger partial charge is 0.367 e. The number of halogens is 2. The van der Waals surface area contributed by atoms with E-state index >= 15 is 0 Å². The van der Waals surface area contributed by atoms with Crippen molar-refractivity contribution in [1.82, 2.24) is 4.90 Å². The third-order valence-corrected chi connectivity index (χ3v) is 5.22. The van der Waals surface area contributed by atoms with E-state index < -0.39 is 0 Å². The molecular weight excluding hydrogens is 339 g/mol. The Labute approximate surface area is 144 Å². The minimum atomic E-state index is 0.194. The molecule has 0 bridgehead atoms. The van der Waals surface area contributed by atoms with Crippen LogP contribution in [0.5, 0.6) is 0 Å². The monoisotopic (exact) mass is 354 g/mol. The molecule has 0 atom stereocenters. The summed E-state index contributed by atoms with van der Waals surface area (Å²) in [5.41, 5.74) is 0.944. The predicted octanol–water partition coefficient (Wildman–Crippen LogP) is 3.95.